The van der Waals surface area contributed by atoms with E-state index < -0.39 is 0 Å². The lowest BCUT2D eigenvalue weighted by Gasteiger charge is -2.08. The number of hydrogen-bond acceptors (Lipinski definition) is 4. The van der Waals surface area contributed by atoms with E-state index in [1.807, 2.05) is 6.92 Å². The number of halogens is 2. The van der Waals surface area contributed by atoms with Gasteiger partial charge in [-0.15, -0.1) is 0 Å². The molecule has 0 spiro atoms. The number of phenols is 1. The molecule has 0 bridgehead atoms. The second-order valence-corrected chi connectivity index (χ2v) is 6.05. The Kier molecular flexibility index (Phi) is 4.72. The number of phenolic OH excluding ortho intramolecular Hbond substituents is 1. The molecule has 1 heterocycles. The van der Waals surface area contributed by atoms with E-state index in [1.54, 1.807) is 24.3 Å². The largest absolute Gasteiger partial charge is 0.503 e. The molecular formula is C18H13BrFN3O2. The van der Waals surface area contributed by atoms with Crippen LogP contribution in [0.1, 0.15) is 18.3 Å². The zero-order valence-electron chi connectivity index (χ0n) is 13.2. The molecule has 0 aliphatic carbocycles. The molecule has 1 aromatic heterocycles. The molecule has 3 rings (SSSR count). The molecule has 7 heteroatoms. The van der Waals surface area contributed by atoms with Gasteiger partial charge in [0.25, 0.3) is 0 Å². The summed E-state index contributed by atoms with van der Waals surface area (Å²) in [7, 11) is 0. The second kappa shape index (κ2) is 6.95. The van der Waals surface area contributed by atoms with Gasteiger partial charge in [0.15, 0.2) is 11.5 Å². The molecule has 0 aliphatic heterocycles. The average molecular weight is 402 g/mol. The number of rotatable bonds is 4. The van der Waals surface area contributed by atoms with Gasteiger partial charge in [-0.3, -0.25) is 0 Å². The van der Waals surface area contributed by atoms with E-state index in [0.29, 0.717) is 39.3 Å². The summed E-state index contributed by atoms with van der Waals surface area (Å²) >= 11 is 3.26. The van der Waals surface area contributed by atoms with E-state index in [4.69, 9.17) is 4.74 Å². The van der Waals surface area contributed by atoms with Crippen LogP contribution in [0.3, 0.4) is 0 Å². The van der Waals surface area contributed by atoms with Crippen LogP contribution in [0.4, 0.5) is 4.39 Å². The second-order valence-electron chi connectivity index (χ2n) is 5.20. The van der Waals surface area contributed by atoms with Crippen molar-refractivity contribution in [3.63, 3.8) is 0 Å². The Morgan fingerprint density at radius 3 is 2.96 bits per heavy atom. The molecule has 5 nitrogen and oxygen atoms in total. The highest BCUT2D eigenvalue weighted by Crippen LogP contribution is 2.36. The highest BCUT2D eigenvalue weighted by atomic mass is 79.9. The lowest BCUT2D eigenvalue weighted by molar-refractivity contribution is 0.317. The normalized spacial score (nSPS) is 11.5. The number of aromatic amines is 1. The van der Waals surface area contributed by atoms with E-state index in [9.17, 15) is 14.8 Å². The Labute approximate surface area is 151 Å². The van der Waals surface area contributed by atoms with Gasteiger partial charge in [0.1, 0.15) is 17.7 Å². The number of fused-ring (bicyclic) bond motifs is 1. The maximum atomic E-state index is 13.3. The first kappa shape index (κ1) is 17.0. The number of aromatic hydroxyl groups is 1. The maximum Gasteiger partial charge on any atom is 0.172 e. The van der Waals surface area contributed by atoms with Crippen LogP contribution in [0, 0.1) is 17.1 Å². The van der Waals surface area contributed by atoms with E-state index in [2.05, 4.69) is 32.0 Å². The summed E-state index contributed by atoms with van der Waals surface area (Å²) in [6, 6.07) is 9.56. The fraction of sp³-hybridized carbons (Fsp3) is 0.111. The molecule has 0 saturated heterocycles. The lowest BCUT2D eigenvalue weighted by atomic mass is 10.1. The van der Waals surface area contributed by atoms with Crippen LogP contribution in [0.25, 0.3) is 22.7 Å². The fourth-order valence-electron chi connectivity index (χ4n) is 2.37. The first-order valence-electron chi connectivity index (χ1n) is 7.44. The van der Waals surface area contributed by atoms with Gasteiger partial charge < -0.3 is 14.8 Å². The third-order valence-electron chi connectivity index (χ3n) is 3.48. The number of hydrogen-bond donors (Lipinski definition) is 2. The Balaban J connectivity index is 2.06. The SMILES string of the molecule is CCOc1cc(/C=C(/C#N)c2nc3ccc(F)cc3[nH]2)cc(Br)c1O. The molecule has 3 aromatic rings. The van der Waals surface area contributed by atoms with Crippen LogP contribution in [0.5, 0.6) is 11.5 Å². The number of nitrogens with zero attached hydrogens (tertiary/aromatic N) is 2. The number of benzene rings is 2. The third-order valence-corrected chi connectivity index (χ3v) is 4.09. The fourth-order valence-corrected chi connectivity index (χ4v) is 2.83. The minimum atomic E-state index is -0.381. The molecule has 0 unspecified atom stereocenters. The summed E-state index contributed by atoms with van der Waals surface area (Å²) in [5, 5.41) is 19.4. The van der Waals surface area contributed by atoms with E-state index in [0.717, 1.165) is 0 Å². The number of ether oxygens (including phenoxy) is 1. The molecule has 0 saturated carbocycles. The summed E-state index contributed by atoms with van der Waals surface area (Å²) in [6.07, 6.45) is 1.61. The zero-order chi connectivity index (χ0) is 18.0. The Bertz CT molecular complexity index is 1020. The Morgan fingerprint density at radius 2 is 2.24 bits per heavy atom. The van der Waals surface area contributed by atoms with Crippen molar-refractivity contribution in [2.75, 3.05) is 6.61 Å². The van der Waals surface area contributed by atoms with Crippen molar-refractivity contribution < 1.29 is 14.2 Å². The molecule has 126 valence electrons. The number of H-pyrrole nitrogens is 1. The first-order chi connectivity index (χ1) is 12.0. The van der Waals surface area contributed by atoms with Crippen LogP contribution in [-0.4, -0.2) is 21.7 Å². The van der Waals surface area contributed by atoms with Gasteiger partial charge in [-0.2, -0.15) is 5.26 Å². The maximum absolute atomic E-state index is 13.3. The van der Waals surface area contributed by atoms with Crippen LogP contribution < -0.4 is 4.74 Å². The minimum absolute atomic E-state index is 0.00304. The number of imidazole rings is 1. The molecule has 25 heavy (non-hydrogen) atoms. The van der Waals surface area contributed by atoms with Crippen molar-refractivity contribution in [3.05, 3.63) is 52.0 Å². The topological polar surface area (TPSA) is 81.9 Å². The van der Waals surface area contributed by atoms with Gasteiger partial charge >= 0.3 is 0 Å². The first-order valence-corrected chi connectivity index (χ1v) is 8.24. The Morgan fingerprint density at radius 1 is 1.44 bits per heavy atom. The summed E-state index contributed by atoms with van der Waals surface area (Å²) < 4.78 is 19.1. The molecule has 0 amide bonds. The van der Waals surface area contributed by atoms with Crippen LogP contribution >= 0.6 is 15.9 Å². The summed E-state index contributed by atoms with van der Waals surface area (Å²) in [4.78, 5) is 7.25. The molecule has 0 fully saturated rings. The number of nitriles is 1. The third kappa shape index (κ3) is 3.49. The van der Waals surface area contributed by atoms with Crippen molar-refractivity contribution in [1.29, 1.82) is 5.26 Å². The van der Waals surface area contributed by atoms with Gasteiger partial charge in [-0.1, -0.05) is 0 Å². The molecule has 2 N–H and O–H groups in total. The van der Waals surface area contributed by atoms with Crippen LogP contribution in [0.2, 0.25) is 0 Å². The van der Waals surface area contributed by atoms with Crippen LogP contribution in [-0.2, 0) is 0 Å². The van der Waals surface area contributed by atoms with Gasteiger partial charge in [0.05, 0.1) is 27.7 Å². The predicted molar refractivity (Wildman–Crippen MR) is 96.5 cm³/mol. The van der Waals surface area contributed by atoms with Gasteiger partial charge in [-0.05, 0) is 64.8 Å². The minimum Gasteiger partial charge on any atom is -0.503 e. The van der Waals surface area contributed by atoms with E-state index >= 15 is 0 Å². The number of allylic oxidation sites excluding steroid dienone is 1. The summed E-state index contributed by atoms with van der Waals surface area (Å²) in [5.41, 5.74) is 2.01. The van der Waals surface area contributed by atoms with E-state index in [1.165, 1.54) is 12.1 Å². The van der Waals surface area contributed by atoms with Crippen molar-refractivity contribution in [3.8, 4) is 17.6 Å². The molecule has 2 aromatic carbocycles. The predicted octanol–water partition coefficient (Wildman–Crippen LogP) is 4.63. The highest BCUT2D eigenvalue weighted by molar-refractivity contribution is 9.10. The number of nitrogens with one attached hydrogen (secondary N) is 1. The van der Waals surface area contributed by atoms with Crippen molar-refractivity contribution in [2.24, 2.45) is 0 Å². The van der Waals surface area contributed by atoms with Gasteiger partial charge in [0, 0.05) is 0 Å². The van der Waals surface area contributed by atoms with Crippen molar-refractivity contribution in [1.82, 2.24) is 9.97 Å². The molecular weight excluding hydrogens is 389 g/mol. The monoisotopic (exact) mass is 401 g/mol. The number of aromatic nitrogens is 2. The van der Waals surface area contributed by atoms with Gasteiger partial charge in [0.2, 0.25) is 0 Å². The summed E-state index contributed by atoms with van der Waals surface area (Å²) in [5.74, 6) is 0.267. The summed E-state index contributed by atoms with van der Waals surface area (Å²) in [6.45, 7) is 2.21. The molecule has 0 atom stereocenters. The Hall–Kier alpha value is -2.85. The standard InChI is InChI=1S/C18H13BrFN3O2/c1-2-25-16-7-10(6-13(19)17(16)24)5-11(9-21)18-22-14-4-3-12(20)8-15(14)23-18/h3-8,24H,2H2,1H3,(H,22,23)/b11-5-. The lowest BCUT2D eigenvalue weighted by Crippen LogP contribution is -1.93. The van der Waals surface area contributed by atoms with Crippen molar-refractivity contribution >= 4 is 38.6 Å². The quantitative estimate of drug-likeness (QED) is 0.624. The van der Waals surface area contributed by atoms with Gasteiger partial charge in [-0.25, -0.2) is 9.37 Å². The highest BCUT2D eigenvalue weighted by Gasteiger charge is 2.12. The average Bonchev–Trinajstić information content (AvgIpc) is 3.00. The van der Waals surface area contributed by atoms with E-state index in [-0.39, 0.29) is 17.1 Å². The molecule has 0 radical (unpaired) electrons. The van der Waals surface area contributed by atoms with Crippen molar-refractivity contribution in [2.45, 2.75) is 6.92 Å². The smallest absolute Gasteiger partial charge is 0.172 e. The van der Waals surface area contributed by atoms with Crippen LogP contribution in [0.15, 0.2) is 34.8 Å². The zero-order valence-corrected chi connectivity index (χ0v) is 14.8. The molecule has 0 aliphatic rings.